The van der Waals surface area contributed by atoms with E-state index in [4.69, 9.17) is 13.9 Å². The largest absolute Gasteiger partial charge is 0.497 e. The van der Waals surface area contributed by atoms with Crippen LogP contribution in [0.3, 0.4) is 0 Å². The molecule has 2 aromatic carbocycles. The van der Waals surface area contributed by atoms with Gasteiger partial charge in [-0.15, -0.1) is 10.2 Å². The SMILES string of the molecule is COc1ccc(-c2nnc(SCC(=O)NCC3Cc4ccccc4O3)o2)cc1. The van der Waals surface area contributed by atoms with Crippen molar-refractivity contribution in [3.63, 3.8) is 0 Å². The predicted molar refractivity (Wildman–Crippen MR) is 105 cm³/mol. The van der Waals surface area contributed by atoms with Gasteiger partial charge in [0.25, 0.3) is 5.22 Å². The Labute approximate surface area is 166 Å². The van der Waals surface area contributed by atoms with E-state index in [9.17, 15) is 4.79 Å². The lowest BCUT2D eigenvalue weighted by Gasteiger charge is -2.11. The molecule has 3 aromatic rings. The molecule has 0 spiro atoms. The molecule has 0 radical (unpaired) electrons. The topological polar surface area (TPSA) is 86.5 Å². The van der Waals surface area contributed by atoms with E-state index < -0.39 is 0 Å². The molecule has 2 heterocycles. The second-order valence-corrected chi connectivity index (χ2v) is 7.17. The van der Waals surface area contributed by atoms with Crippen molar-refractivity contribution in [3.05, 3.63) is 54.1 Å². The van der Waals surface area contributed by atoms with Gasteiger partial charge in [-0.2, -0.15) is 0 Å². The third-order valence-electron chi connectivity index (χ3n) is 4.31. The number of aromatic nitrogens is 2. The van der Waals surface area contributed by atoms with Crippen LogP contribution in [0.25, 0.3) is 11.5 Å². The van der Waals surface area contributed by atoms with Crippen molar-refractivity contribution in [3.8, 4) is 23.0 Å². The van der Waals surface area contributed by atoms with Gasteiger partial charge in [0.2, 0.25) is 11.8 Å². The van der Waals surface area contributed by atoms with Crippen LogP contribution in [0.4, 0.5) is 0 Å². The Balaban J connectivity index is 1.23. The van der Waals surface area contributed by atoms with Crippen molar-refractivity contribution < 1.29 is 18.7 Å². The summed E-state index contributed by atoms with van der Waals surface area (Å²) in [6.45, 7) is 0.467. The third kappa shape index (κ3) is 4.28. The van der Waals surface area contributed by atoms with Gasteiger partial charge < -0.3 is 19.2 Å². The van der Waals surface area contributed by atoms with Crippen LogP contribution in [-0.2, 0) is 11.2 Å². The van der Waals surface area contributed by atoms with E-state index in [-0.39, 0.29) is 17.8 Å². The van der Waals surface area contributed by atoms with Gasteiger partial charge >= 0.3 is 0 Å². The molecule has 1 N–H and O–H groups in total. The van der Waals surface area contributed by atoms with E-state index in [1.165, 1.54) is 17.3 Å². The summed E-state index contributed by atoms with van der Waals surface area (Å²) in [5.74, 6) is 2.15. The molecule has 4 rings (SSSR count). The van der Waals surface area contributed by atoms with E-state index >= 15 is 0 Å². The number of para-hydroxylation sites is 1. The number of ether oxygens (including phenoxy) is 2. The monoisotopic (exact) mass is 397 g/mol. The van der Waals surface area contributed by atoms with Crippen molar-refractivity contribution in [2.45, 2.75) is 17.7 Å². The van der Waals surface area contributed by atoms with Crippen LogP contribution in [0, 0.1) is 0 Å². The number of carbonyl (C=O) groups excluding carboxylic acids is 1. The number of rotatable bonds is 7. The smallest absolute Gasteiger partial charge is 0.277 e. The van der Waals surface area contributed by atoms with Gasteiger partial charge in [0.05, 0.1) is 19.4 Å². The molecule has 0 bridgehead atoms. The maximum absolute atomic E-state index is 12.1. The van der Waals surface area contributed by atoms with Crippen LogP contribution in [0.2, 0.25) is 0 Å². The highest BCUT2D eigenvalue weighted by Crippen LogP contribution is 2.28. The van der Waals surface area contributed by atoms with Crippen molar-refractivity contribution in [2.24, 2.45) is 0 Å². The number of nitrogens with zero attached hydrogens (tertiary/aromatic N) is 2. The zero-order valence-electron chi connectivity index (χ0n) is 15.3. The molecule has 0 fully saturated rings. The van der Waals surface area contributed by atoms with Gasteiger partial charge in [-0.25, -0.2) is 0 Å². The number of benzene rings is 2. The zero-order valence-corrected chi connectivity index (χ0v) is 16.1. The van der Waals surface area contributed by atoms with Gasteiger partial charge in [0, 0.05) is 12.0 Å². The fourth-order valence-corrected chi connectivity index (χ4v) is 3.49. The number of amides is 1. The van der Waals surface area contributed by atoms with Crippen molar-refractivity contribution >= 4 is 17.7 Å². The maximum Gasteiger partial charge on any atom is 0.277 e. The predicted octanol–water partition coefficient (Wildman–Crippen LogP) is 2.96. The molecule has 8 heteroatoms. The average molecular weight is 397 g/mol. The molecule has 1 amide bonds. The summed E-state index contributed by atoms with van der Waals surface area (Å²) >= 11 is 1.20. The Kier molecular flexibility index (Phi) is 5.48. The molecular weight excluding hydrogens is 378 g/mol. The standard InChI is InChI=1S/C20H19N3O4S/c1-25-15-8-6-13(7-9-15)19-22-23-20(27-19)28-12-18(24)21-11-16-10-14-4-2-3-5-17(14)26-16/h2-9,16H,10-12H2,1H3,(H,21,24). The summed E-state index contributed by atoms with van der Waals surface area (Å²) in [7, 11) is 1.61. The first-order valence-corrected chi connectivity index (χ1v) is 9.82. The molecule has 0 saturated carbocycles. The van der Waals surface area contributed by atoms with E-state index in [0.29, 0.717) is 17.7 Å². The van der Waals surface area contributed by atoms with E-state index in [2.05, 4.69) is 15.5 Å². The van der Waals surface area contributed by atoms with Gasteiger partial charge in [-0.1, -0.05) is 30.0 Å². The number of carbonyl (C=O) groups is 1. The Morgan fingerprint density at radius 1 is 1.21 bits per heavy atom. The minimum atomic E-state index is -0.103. The van der Waals surface area contributed by atoms with E-state index in [1.807, 2.05) is 48.5 Å². The molecule has 144 valence electrons. The maximum atomic E-state index is 12.1. The molecule has 28 heavy (non-hydrogen) atoms. The zero-order chi connectivity index (χ0) is 19.3. The molecule has 7 nitrogen and oxygen atoms in total. The summed E-state index contributed by atoms with van der Waals surface area (Å²) in [4.78, 5) is 12.1. The van der Waals surface area contributed by atoms with Crippen molar-refractivity contribution in [1.82, 2.24) is 15.5 Å². The average Bonchev–Trinajstić information content (AvgIpc) is 3.37. The quantitative estimate of drug-likeness (QED) is 0.613. The molecule has 1 atom stereocenters. The molecule has 0 saturated heterocycles. The molecular formula is C20H19N3O4S. The van der Waals surface area contributed by atoms with Crippen LogP contribution in [0.5, 0.6) is 11.5 Å². The summed E-state index contributed by atoms with van der Waals surface area (Å²) in [6.07, 6.45) is 0.773. The first-order chi connectivity index (χ1) is 13.7. The highest BCUT2D eigenvalue weighted by Gasteiger charge is 2.22. The highest BCUT2D eigenvalue weighted by molar-refractivity contribution is 7.99. The van der Waals surface area contributed by atoms with E-state index in [0.717, 1.165) is 23.5 Å². The highest BCUT2D eigenvalue weighted by atomic mass is 32.2. The second-order valence-electron chi connectivity index (χ2n) is 6.25. The fourth-order valence-electron chi connectivity index (χ4n) is 2.89. The Bertz CT molecular complexity index is 933. The first kappa shape index (κ1) is 18.4. The van der Waals surface area contributed by atoms with Crippen LogP contribution in [-0.4, -0.2) is 41.6 Å². The molecule has 1 aliphatic heterocycles. The summed E-state index contributed by atoms with van der Waals surface area (Å²) in [5, 5.41) is 11.2. The normalized spacial score (nSPS) is 15.0. The van der Waals surface area contributed by atoms with Crippen LogP contribution < -0.4 is 14.8 Å². The lowest BCUT2D eigenvalue weighted by Crippen LogP contribution is -2.35. The number of nitrogens with one attached hydrogen (secondary N) is 1. The lowest BCUT2D eigenvalue weighted by atomic mass is 10.1. The summed E-state index contributed by atoms with van der Waals surface area (Å²) in [6, 6.07) is 15.3. The molecule has 0 aliphatic carbocycles. The lowest BCUT2D eigenvalue weighted by molar-refractivity contribution is -0.118. The third-order valence-corrected chi connectivity index (χ3v) is 5.13. The number of thioether (sulfide) groups is 1. The Hall–Kier alpha value is -3.00. The summed E-state index contributed by atoms with van der Waals surface area (Å²) < 4.78 is 16.6. The van der Waals surface area contributed by atoms with Gasteiger partial charge in [0.15, 0.2) is 0 Å². The molecule has 1 aromatic heterocycles. The molecule has 1 unspecified atom stereocenters. The minimum absolute atomic E-state index is 0.0311. The number of hydrogen-bond donors (Lipinski definition) is 1. The number of fused-ring (bicyclic) bond motifs is 1. The van der Waals surface area contributed by atoms with E-state index in [1.54, 1.807) is 7.11 Å². The Morgan fingerprint density at radius 2 is 2.04 bits per heavy atom. The van der Waals surface area contributed by atoms with Crippen LogP contribution >= 0.6 is 11.8 Å². The number of hydrogen-bond acceptors (Lipinski definition) is 7. The Morgan fingerprint density at radius 3 is 2.82 bits per heavy atom. The minimum Gasteiger partial charge on any atom is -0.497 e. The second kappa shape index (κ2) is 8.35. The fraction of sp³-hybridized carbons (Fsp3) is 0.250. The van der Waals surface area contributed by atoms with Crippen molar-refractivity contribution in [1.29, 1.82) is 0 Å². The van der Waals surface area contributed by atoms with Crippen LogP contribution in [0.15, 0.2) is 58.2 Å². The van der Waals surface area contributed by atoms with Crippen LogP contribution in [0.1, 0.15) is 5.56 Å². The molecule has 1 aliphatic rings. The summed E-state index contributed by atoms with van der Waals surface area (Å²) in [5.41, 5.74) is 1.97. The van der Waals surface area contributed by atoms with Gasteiger partial charge in [0.1, 0.15) is 17.6 Å². The van der Waals surface area contributed by atoms with Gasteiger partial charge in [-0.3, -0.25) is 4.79 Å². The number of methoxy groups -OCH3 is 1. The van der Waals surface area contributed by atoms with Crippen molar-refractivity contribution in [2.75, 3.05) is 19.4 Å². The first-order valence-electron chi connectivity index (χ1n) is 8.83. The van der Waals surface area contributed by atoms with Gasteiger partial charge in [-0.05, 0) is 35.9 Å².